The first-order valence-corrected chi connectivity index (χ1v) is 6.67. The third kappa shape index (κ3) is 3.16. The normalized spacial score (nSPS) is 15.2. The summed E-state index contributed by atoms with van der Waals surface area (Å²) in [7, 11) is 0. The van der Waals surface area contributed by atoms with E-state index in [4.69, 9.17) is 0 Å². The predicted molar refractivity (Wildman–Crippen MR) is 66.7 cm³/mol. The Kier molecular flexibility index (Phi) is 4.09. The van der Waals surface area contributed by atoms with Crippen LogP contribution < -0.4 is 5.32 Å². The summed E-state index contributed by atoms with van der Waals surface area (Å²) in [5.74, 6) is -0.493. The highest BCUT2D eigenvalue weighted by atomic mass is 32.1. The topological polar surface area (TPSA) is 66.5 Å². The minimum Gasteiger partial charge on any atom is -0.351 e. The van der Waals surface area contributed by atoms with Crippen molar-refractivity contribution < 1.29 is 14.4 Å². The van der Waals surface area contributed by atoms with Crippen LogP contribution in [0.15, 0.2) is 17.5 Å². The Bertz CT molecular complexity index is 440. The van der Waals surface area contributed by atoms with Gasteiger partial charge in [-0.25, -0.2) is 0 Å². The molecule has 0 unspecified atom stereocenters. The third-order valence-corrected chi connectivity index (χ3v) is 3.63. The summed E-state index contributed by atoms with van der Waals surface area (Å²) in [4.78, 5) is 36.4. The maximum Gasteiger partial charge on any atom is 0.229 e. The van der Waals surface area contributed by atoms with Crippen molar-refractivity contribution in [2.24, 2.45) is 0 Å². The van der Waals surface area contributed by atoms with Gasteiger partial charge >= 0.3 is 0 Å². The number of amides is 3. The first kappa shape index (κ1) is 12.8. The van der Waals surface area contributed by atoms with Gasteiger partial charge in [-0.2, -0.15) is 0 Å². The average Bonchev–Trinajstić information content (AvgIpc) is 2.96. The summed E-state index contributed by atoms with van der Waals surface area (Å²) < 4.78 is 0. The van der Waals surface area contributed by atoms with Crippen LogP contribution in [-0.4, -0.2) is 29.2 Å². The highest BCUT2D eigenvalue weighted by Gasteiger charge is 2.28. The molecule has 3 amide bonds. The highest BCUT2D eigenvalue weighted by molar-refractivity contribution is 7.09. The lowest BCUT2D eigenvalue weighted by Crippen LogP contribution is -2.33. The number of nitrogens with zero attached hydrogens (tertiary/aromatic N) is 1. The van der Waals surface area contributed by atoms with E-state index in [0.717, 1.165) is 4.88 Å². The van der Waals surface area contributed by atoms with E-state index in [2.05, 4.69) is 5.32 Å². The quantitative estimate of drug-likeness (QED) is 0.805. The van der Waals surface area contributed by atoms with E-state index >= 15 is 0 Å². The summed E-state index contributed by atoms with van der Waals surface area (Å²) >= 11 is 1.58. The van der Waals surface area contributed by atoms with Crippen molar-refractivity contribution in [2.45, 2.75) is 25.8 Å². The molecule has 0 radical (unpaired) electrons. The maximum absolute atomic E-state index is 11.6. The van der Waals surface area contributed by atoms with Gasteiger partial charge in [0.2, 0.25) is 17.7 Å². The average molecular weight is 266 g/mol. The van der Waals surface area contributed by atoms with E-state index < -0.39 is 0 Å². The molecule has 6 heteroatoms. The molecule has 1 fully saturated rings. The number of hydrogen-bond acceptors (Lipinski definition) is 4. The molecule has 0 spiro atoms. The lowest BCUT2D eigenvalue weighted by Gasteiger charge is -2.13. The van der Waals surface area contributed by atoms with Crippen LogP contribution in [-0.2, 0) is 20.9 Å². The van der Waals surface area contributed by atoms with E-state index in [1.165, 1.54) is 4.90 Å². The zero-order valence-electron chi connectivity index (χ0n) is 9.85. The summed E-state index contributed by atoms with van der Waals surface area (Å²) in [5, 5.41) is 4.71. The van der Waals surface area contributed by atoms with Crippen molar-refractivity contribution in [1.29, 1.82) is 0 Å². The minimum absolute atomic E-state index is 0.143. The van der Waals surface area contributed by atoms with Gasteiger partial charge in [-0.3, -0.25) is 19.3 Å². The van der Waals surface area contributed by atoms with E-state index in [1.807, 2.05) is 17.5 Å². The van der Waals surface area contributed by atoms with Gasteiger partial charge in [-0.15, -0.1) is 11.3 Å². The van der Waals surface area contributed by atoms with Gasteiger partial charge < -0.3 is 5.32 Å². The number of imide groups is 1. The van der Waals surface area contributed by atoms with Crippen LogP contribution in [0.1, 0.15) is 24.1 Å². The molecule has 0 aliphatic carbocycles. The molecule has 1 N–H and O–H groups in total. The van der Waals surface area contributed by atoms with Gasteiger partial charge in [-0.1, -0.05) is 6.07 Å². The Morgan fingerprint density at radius 3 is 2.67 bits per heavy atom. The van der Waals surface area contributed by atoms with Crippen LogP contribution in [0.5, 0.6) is 0 Å². The molecule has 0 atom stereocenters. The summed E-state index contributed by atoms with van der Waals surface area (Å²) in [6, 6.07) is 3.87. The van der Waals surface area contributed by atoms with Gasteiger partial charge in [-0.05, 0) is 11.4 Å². The van der Waals surface area contributed by atoms with Crippen LogP contribution in [0.2, 0.25) is 0 Å². The third-order valence-electron chi connectivity index (χ3n) is 2.76. The SMILES string of the molecule is O=C(CCN1C(=O)CCC1=O)NCc1cccs1. The number of hydrogen-bond donors (Lipinski definition) is 1. The second-order valence-electron chi connectivity index (χ2n) is 4.05. The first-order valence-electron chi connectivity index (χ1n) is 5.79. The number of likely N-dealkylation sites (tertiary alicyclic amines) is 1. The maximum atomic E-state index is 11.6. The Morgan fingerprint density at radius 2 is 2.06 bits per heavy atom. The number of carbonyl (C=O) groups excluding carboxylic acids is 3. The molecule has 96 valence electrons. The Labute approximate surface area is 109 Å². The fourth-order valence-corrected chi connectivity index (χ4v) is 2.42. The predicted octanol–water partition coefficient (Wildman–Crippen LogP) is 0.903. The molecule has 0 saturated carbocycles. The van der Waals surface area contributed by atoms with E-state index in [1.54, 1.807) is 11.3 Å². The first-order chi connectivity index (χ1) is 8.66. The van der Waals surface area contributed by atoms with Crippen LogP contribution in [0.4, 0.5) is 0 Å². The molecular formula is C12H14N2O3S. The smallest absolute Gasteiger partial charge is 0.229 e. The summed E-state index contributed by atoms with van der Waals surface area (Å²) in [5.41, 5.74) is 0. The number of rotatable bonds is 5. The van der Waals surface area contributed by atoms with E-state index in [-0.39, 0.29) is 43.5 Å². The second kappa shape index (κ2) is 5.77. The molecule has 0 aromatic carbocycles. The van der Waals surface area contributed by atoms with E-state index in [9.17, 15) is 14.4 Å². The molecule has 2 heterocycles. The van der Waals surface area contributed by atoms with Gasteiger partial charge in [0.15, 0.2) is 0 Å². The van der Waals surface area contributed by atoms with Crippen molar-refractivity contribution in [3.05, 3.63) is 22.4 Å². The molecular weight excluding hydrogens is 252 g/mol. The second-order valence-corrected chi connectivity index (χ2v) is 5.08. The van der Waals surface area contributed by atoms with Gasteiger partial charge in [0, 0.05) is 30.7 Å². The summed E-state index contributed by atoms with van der Waals surface area (Å²) in [6.07, 6.45) is 0.716. The molecule has 1 aromatic rings. The van der Waals surface area contributed by atoms with Crippen LogP contribution >= 0.6 is 11.3 Å². The van der Waals surface area contributed by atoms with Crippen molar-refractivity contribution in [2.75, 3.05) is 6.54 Å². The zero-order valence-corrected chi connectivity index (χ0v) is 10.7. The molecule has 18 heavy (non-hydrogen) atoms. The Balaban J connectivity index is 1.71. The van der Waals surface area contributed by atoms with Crippen molar-refractivity contribution in [3.63, 3.8) is 0 Å². The monoisotopic (exact) mass is 266 g/mol. The zero-order chi connectivity index (χ0) is 13.0. The van der Waals surface area contributed by atoms with Gasteiger partial charge in [0.25, 0.3) is 0 Å². The number of thiophene rings is 1. The van der Waals surface area contributed by atoms with Crippen molar-refractivity contribution >= 4 is 29.1 Å². The van der Waals surface area contributed by atoms with Crippen LogP contribution in [0.25, 0.3) is 0 Å². The molecule has 5 nitrogen and oxygen atoms in total. The highest BCUT2D eigenvalue weighted by Crippen LogP contribution is 2.12. The standard InChI is InChI=1S/C12H14N2O3S/c15-10(13-8-9-2-1-7-18-9)5-6-14-11(16)3-4-12(14)17/h1-2,7H,3-6,8H2,(H,13,15). The van der Waals surface area contributed by atoms with Gasteiger partial charge in [0.1, 0.15) is 0 Å². The number of nitrogens with one attached hydrogen (secondary N) is 1. The summed E-state index contributed by atoms with van der Waals surface area (Å²) in [6.45, 7) is 0.687. The van der Waals surface area contributed by atoms with Gasteiger partial charge in [0.05, 0.1) is 6.54 Å². The molecule has 1 aliphatic rings. The fourth-order valence-electron chi connectivity index (χ4n) is 1.77. The Hall–Kier alpha value is -1.69. The largest absolute Gasteiger partial charge is 0.351 e. The van der Waals surface area contributed by atoms with E-state index in [0.29, 0.717) is 6.54 Å². The van der Waals surface area contributed by atoms with Crippen molar-refractivity contribution in [1.82, 2.24) is 10.2 Å². The Morgan fingerprint density at radius 1 is 1.33 bits per heavy atom. The molecule has 1 saturated heterocycles. The van der Waals surface area contributed by atoms with Crippen LogP contribution in [0, 0.1) is 0 Å². The molecule has 2 rings (SSSR count). The van der Waals surface area contributed by atoms with Crippen LogP contribution in [0.3, 0.4) is 0 Å². The molecule has 0 bridgehead atoms. The molecule has 1 aromatic heterocycles. The van der Waals surface area contributed by atoms with Crippen molar-refractivity contribution in [3.8, 4) is 0 Å². The fraction of sp³-hybridized carbons (Fsp3) is 0.417. The molecule has 1 aliphatic heterocycles. The lowest BCUT2D eigenvalue weighted by atomic mass is 10.3. The lowest BCUT2D eigenvalue weighted by molar-refractivity contribution is -0.138. The minimum atomic E-state index is -0.175. The number of carbonyl (C=O) groups is 3.